The summed E-state index contributed by atoms with van der Waals surface area (Å²) in [6.45, 7) is 1.95. The van der Waals surface area contributed by atoms with Crippen molar-refractivity contribution in [3.63, 3.8) is 0 Å². The molecule has 0 saturated heterocycles. The van der Waals surface area contributed by atoms with E-state index in [0.29, 0.717) is 17.9 Å². The molecule has 0 radical (unpaired) electrons. The zero-order valence-electron chi connectivity index (χ0n) is 11.4. The molecule has 0 N–H and O–H groups in total. The van der Waals surface area contributed by atoms with Gasteiger partial charge in [-0.05, 0) is 43.3 Å². The van der Waals surface area contributed by atoms with Crippen molar-refractivity contribution in [1.82, 2.24) is 0 Å². The number of carbonyl (C=O) groups excluding carboxylic acids is 1. The third-order valence-electron chi connectivity index (χ3n) is 2.75. The molecule has 0 aliphatic rings. The number of hydrogen-bond acceptors (Lipinski definition) is 3. The lowest BCUT2D eigenvalue weighted by atomic mass is 10.1. The molecule has 21 heavy (non-hydrogen) atoms. The van der Waals surface area contributed by atoms with Crippen LogP contribution in [-0.4, -0.2) is 19.0 Å². The maximum absolute atomic E-state index is 13.3. The van der Waals surface area contributed by atoms with Gasteiger partial charge in [0, 0.05) is 5.56 Å². The third-order valence-corrected chi connectivity index (χ3v) is 2.75. The monoisotopic (exact) mass is 292 g/mol. The largest absolute Gasteiger partial charge is 0.494 e. The van der Waals surface area contributed by atoms with Crippen molar-refractivity contribution in [2.75, 3.05) is 13.2 Å². The summed E-state index contributed by atoms with van der Waals surface area (Å²) in [7, 11) is 0. The smallest absolute Gasteiger partial charge is 0.200 e. The van der Waals surface area contributed by atoms with Crippen LogP contribution in [0.1, 0.15) is 17.3 Å². The third kappa shape index (κ3) is 3.78. The Bertz CT molecular complexity index is 604. The minimum Gasteiger partial charge on any atom is -0.494 e. The predicted octanol–water partition coefficient (Wildman–Crippen LogP) is 3.63. The fourth-order valence-corrected chi connectivity index (χ4v) is 1.75. The topological polar surface area (TPSA) is 35.5 Å². The number of Topliss-reactive ketones (excluding diaryl/α,β-unsaturated/α-hetero) is 1. The Morgan fingerprint density at radius 1 is 1.00 bits per heavy atom. The van der Waals surface area contributed by atoms with Gasteiger partial charge >= 0.3 is 0 Å². The highest BCUT2D eigenvalue weighted by molar-refractivity contribution is 5.97. The van der Waals surface area contributed by atoms with Gasteiger partial charge in [-0.15, -0.1) is 0 Å². The standard InChI is InChI=1S/C16H14F2O3/c1-2-20-12-8-6-11(7-9-12)15(19)10-21-16-13(17)4-3-5-14(16)18/h3-9H,2,10H2,1H3. The van der Waals surface area contributed by atoms with E-state index in [1.54, 1.807) is 24.3 Å². The van der Waals surface area contributed by atoms with E-state index in [9.17, 15) is 13.6 Å². The molecule has 0 unspecified atom stereocenters. The van der Waals surface area contributed by atoms with Crippen molar-refractivity contribution >= 4 is 5.78 Å². The van der Waals surface area contributed by atoms with Gasteiger partial charge in [-0.2, -0.15) is 0 Å². The first-order chi connectivity index (χ1) is 10.1. The summed E-state index contributed by atoms with van der Waals surface area (Å²) in [5.74, 6) is -1.95. The first-order valence-electron chi connectivity index (χ1n) is 6.44. The summed E-state index contributed by atoms with van der Waals surface area (Å²) >= 11 is 0. The second-order valence-corrected chi connectivity index (χ2v) is 4.22. The number of ketones is 1. The second-order valence-electron chi connectivity index (χ2n) is 4.22. The Morgan fingerprint density at radius 2 is 1.62 bits per heavy atom. The van der Waals surface area contributed by atoms with Crippen LogP contribution >= 0.6 is 0 Å². The molecule has 2 aromatic carbocycles. The van der Waals surface area contributed by atoms with Gasteiger partial charge < -0.3 is 9.47 Å². The van der Waals surface area contributed by atoms with Gasteiger partial charge in [-0.3, -0.25) is 4.79 Å². The molecular formula is C16H14F2O3. The fraction of sp³-hybridized carbons (Fsp3) is 0.188. The van der Waals surface area contributed by atoms with Gasteiger partial charge in [0.2, 0.25) is 0 Å². The average molecular weight is 292 g/mol. The highest BCUT2D eigenvalue weighted by atomic mass is 19.1. The van der Waals surface area contributed by atoms with E-state index in [1.807, 2.05) is 6.92 Å². The molecule has 0 amide bonds. The Hall–Kier alpha value is -2.43. The van der Waals surface area contributed by atoms with Gasteiger partial charge in [0.25, 0.3) is 0 Å². The van der Waals surface area contributed by atoms with Crippen LogP contribution in [0.2, 0.25) is 0 Å². The minimum absolute atomic E-state index is 0.374. The number of carbonyl (C=O) groups is 1. The number of rotatable bonds is 6. The van der Waals surface area contributed by atoms with Gasteiger partial charge in [-0.1, -0.05) is 6.07 Å². The number of hydrogen-bond donors (Lipinski definition) is 0. The van der Waals surface area contributed by atoms with E-state index in [2.05, 4.69) is 0 Å². The summed E-state index contributed by atoms with van der Waals surface area (Å²) in [5.41, 5.74) is 0.384. The molecule has 0 bridgehead atoms. The first-order valence-corrected chi connectivity index (χ1v) is 6.44. The highest BCUT2D eigenvalue weighted by Crippen LogP contribution is 2.21. The van der Waals surface area contributed by atoms with Crippen LogP contribution < -0.4 is 9.47 Å². The van der Waals surface area contributed by atoms with Crippen LogP contribution in [0.3, 0.4) is 0 Å². The van der Waals surface area contributed by atoms with Gasteiger partial charge in [0.15, 0.2) is 29.8 Å². The summed E-state index contributed by atoms with van der Waals surface area (Å²) in [6, 6.07) is 9.83. The van der Waals surface area contributed by atoms with Crippen molar-refractivity contribution < 1.29 is 23.0 Å². The Morgan fingerprint density at radius 3 is 2.19 bits per heavy atom. The maximum atomic E-state index is 13.3. The Balaban J connectivity index is 2.01. The van der Waals surface area contributed by atoms with Crippen molar-refractivity contribution in [3.8, 4) is 11.5 Å². The number of para-hydroxylation sites is 1. The number of halogens is 2. The van der Waals surface area contributed by atoms with E-state index in [0.717, 1.165) is 12.1 Å². The van der Waals surface area contributed by atoms with Crippen LogP contribution in [-0.2, 0) is 0 Å². The lowest BCUT2D eigenvalue weighted by Crippen LogP contribution is -2.13. The van der Waals surface area contributed by atoms with Crippen LogP contribution in [0.5, 0.6) is 11.5 Å². The molecule has 0 spiro atoms. The van der Waals surface area contributed by atoms with Gasteiger partial charge in [0.1, 0.15) is 5.75 Å². The predicted molar refractivity (Wildman–Crippen MR) is 73.8 cm³/mol. The van der Waals surface area contributed by atoms with Crippen molar-refractivity contribution in [1.29, 1.82) is 0 Å². The first kappa shape index (κ1) is 15.0. The summed E-state index contributed by atoms with van der Waals surface area (Å²) in [5, 5.41) is 0. The molecule has 5 heteroatoms. The molecule has 110 valence electrons. The molecule has 0 fully saturated rings. The average Bonchev–Trinajstić information content (AvgIpc) is 2.47. The van der Waals surface area contributed by atoms with Crippen LogP contribution in [0.15, 0.2) is 42.5 Å². The number of ether oxygens (including phenoxy) is 2. The molecule has 0 aromatic heterocycles. The molecule has 0 aliphatic carbocycles. The summed E-state index contributed by atoms with van der Waals surface area (Å²) in [4.78, 5) is 11.9. The second kappa shape index (κ2) is 6.83. The van der Waals surface area contributed by atoms with Crippen LogP contribution in [0, 0.1) is 11.6 Å². The molecular weight excluding hydrogens is 278 g/mol. The van der Waals surface area contributed by atoms with E-state index in [-0.39, 0.29) is 5.78 Å². The summed E-state index contributed by atoms with van der Waals surface area (Å²) < 4.78 is 36.9. The highest BCUT2D eigenvalue weighted by Gasteiger charge is 2.13. The van der Waals surface area contributed by atoms with E-state index in [4.69, 9.17) is 9.47 Å². The maximum Gasteiger partial charge on any atom is 0.200 e. The molecule has 2 rings (SSSR count). The van der Waals surface area contributed by atoms with Crippen LogP contribution in [0.25, 0.3) is 0 Å². The van der Waals surface area contributed by atoms with Crippen molar-refractivity contribution in [3.05, 3.63) is 59.7 Å². The van der Waals surface area contributed by atoms with Crippen molar-refractivity contribution in [2.45, 2.75) is 6.92 Å². The van der Waals surface area contributed by atoms with Crippen molar-refractivity contribution in [2.24, 2.45) is 0 Å². The lowest BCUT2D eigenvalue weighted by molar-refractivity contribution is 0.0915. The quantitative estimate of drug-likeness (QED) is 0.763. The molecule has 0 aliphatic heterocycles. The van der Waals surface area contributed by atoms with E-state index >= 15 is 0 Å². The van der Waals surface area contributed by atoms with Gasteiger partial charge in [-0.25, -0.2) is 8.78 Å². The van der Waals surface area contributed by atoms with E-state index in [1.165, 1.54) is 6.07 Å². The minimum atomic E-state index is -0.838. The molecule has 3 nitrogen and oxygen atoms in total. The summed E-state index contributed by atoms with van der Waals surface area (Å²) in [6.07, 6.45) is 0. The van der Waals surface area contributed by atoms with Gasteiger partial charge in [0.05, 0.1) is 6.61 Å². The normalized spacial score (nSPS) is 10.2. The molecule has 0 saturated carbocycles. The SMILES string of the molecule is CCOc1ccc(C(=O)COc2c(F)cccc2F)cc1. The van der Waals surface area contributed by atoms with E-state index < -0.39 is 24.0 Å². The fourth-order valence-electron chi connectivity index (χ4n) is 1.75. The number of benzene rings is 2. The molecule has 0 heterocycles. The molecule has 2 aromatic rings. The zero-order chi connectivity index (χ0) is 15.2. The Kier molecular flexibility index (Phi) is 4.87. The molecule has 0 atom stereocenters. The lowest BCUT2D eigenvalue weighted by Gasteiger charge is -2.08. The van der Waals surface area contributed by atoms with Crippen LogP contribution in [0.4, 0.5) is 8.78 Å². The Labute approximate surface area is 121 Å². The zero-order valence-corrected chi connectivity index (χ0v) is 11.4.